The third kappa shape index (κ3) is 9.14. The molecular formula is C36H51N3O6. The fraction of sp³-hybridized carbons (Fsp3) is 0.611. The maximum absolute atomic E-state index is 12.7. The van der Waals surface area contributed by atoms with E-state index < -0.39 is 6.29 Å². The number of rotatable bonds is 13. The van der Waals surface area contributed by atoms with E-state index in [0.29, 0.717) is 35.4 Å². The molecule has 2 aliphatic heterocycles. The first-order chi connectivity index (χ1) is 21.5. The lowest BCUT2D eigenvalue weighted by Gasteiger charge is -2.41. The number of unbranched alkanes of at least 4 members (excludes halogenated alkanes) is 3. The minimum absolute atomic E-state index is 0.00743. The number of amides is 2. The van der Waals surface area contributed by atoms with E-state index in [9.17, 15) is 14.7 Å². The minimum Gasteiger partial charge on any atom is -0.392 e. The van der Waals surface area contributed by atoms with Crippen molar-refractivity contribution >= 4 is 17.5 Å². The summed E-state index contributed by atoms with van der Waals surface area (Å²) in [5.74, 6) is -0.435. The molecule has 9 nitrogen and oxygen atoms in total. The molecule has 45 heavy (non-hydrogen) atoms. The Morgan fingerprint density at radius 3 is 2.38 bits per heavy atom. The van der Waals surface area contributed by atoms with Crippen LogP contribution in [-0.2, 0) is 25.7 Å². The van der Waals surface area contributed by atoms with Gasteiger partial charge in [0.05, 0.1) is 18.8 Å². The molecule has 2 unspecified atom stereocenters. The molecule has 1 saturated carbocycles. The number of nitrogens with zero attached hydrogens (tertiary/aromatic N) is 1. The van der Waals surface area contributed by atoms with Gasteiger partial charge >= 0.3 is 0 Å². The summed E-state index contributed by atoms with van der Waals surface area (Å²) >= 11 is 0. The molecule has 2 aromatic rings. The Bertz CT molecular complexity index is 1300. The van der Waals surface area contributed by atoms with Crippen molar-refractivity contribution in [2.24, 2.45) is 10.8 Å². The van der Waals surface area contributed by atoms with Crippen LogP contribution in [0.5, 0.6) is 0 Å². The molecule has 0 radical (unpaired) electrons. The number of aliphatic hydroxyl groups is 1. The molecule has 2 heterocycles. The van der Waals surface area contributed by atoms with Gasteiger partial charge < -0.3 is 19.9 Å². The number of likely N-dealkylation sites (tertiary alicyclic amines) is 1. The molecule has 246 valence electrons. The van der Waals surface area contributed by atoms with Crippen molar-refractivity contribution in [3.05, 3.63) is 65.2 Å². The number of hydrogen-bond donors (Lipinski definition) is 4. The first kappa shape index (κ1) is 33.5. The van der Waals surface area contributed by atoms with Crippen molar-refractivity contribution in [2.45, 2.75) is 116 Å². The topological polar surface area (TPSA) is 120 Å². The van der Waals surface area contributed by atoms with Gasteiger partial charge in [-0.25, -0.2) is 5.48 Å². The normalized spacial score (nSPS) is 27.7. The van der Waals surface area contributed by atoms with E-state index in [1.807, 2.05) is 48.5 Å². The largest absolute Gasteiger partial charge is 0.392 e. The van der Waals surface area contributed by atoms with Crippen LogP contribution in [0.2, 0.25) is 0 Å². The van der Waals surface area contributed by atoms with Gasteiger partial charge in [0.25, 0.3) is 0 Å². The highest BCUT2D eigenvalue weighted by Crippen LogP contribution is 2.53. The standard InChI is InChI=1S/C36H51N3O6/c1-35(2)19-29-20-36(3,23-35)24-39(29)21-30-18-31(26-15-13-25(22-40)14-16-26)45-34(44-30)27-9-8-10-28(17-27)37-32(41)11-6-4-5-7-12-33(42)38-43/h8-10,13-17,29-31,34,40,43H,4-7,11-12,18-24H2,1-3H3,(H,37,41)(H,38,42)/t29?,30-,31+,34+,36?/m0/s1. The third-order valence-corrected chi connectivity index (χ3v) is 9.70. The molecule has 2 saturated heterocycles. The van der Waals surface area contributed by atoms with Crippen LogP contribution in [0.1, 0.15) is 114 Å². The van der Waals surface area contributed by atoms with E-state index >= 15 is 0 Å². The second-order valence-corrected chi connectivity index (χ2v) is 14.6. The van der Waals surface area contributed by atoms with Crippen LogP contribution in [0.25, 0.3) is 0 Å². The van der Waals surface area contributed by atoms with E-state index in [4.69, 9.17) is 14.7 Å². The number of carbonyl (C=O) groups is 2. The number of benzene rings is 2. The van der Waals surface area contributed by atoms with Crippen LogP contribution >= 0.6 is 0 Å². The van der Waals surface area contributed by atoms with Gasteiger partial charge in [-0.1, -0.05) is 70.0 Å². The number of fused-ring (bicyclic) bond motifs is 2. The summed E-state index contributed by atoms with van der Waals surface area (Å²) in [6.45, 7) is 9.22. The zero-order chi connectivity index (χ0) is 32.0. The third-order valence-electron chi connectivity index (χ3n) is 9.70. The van der Waals surface area contributed by atoms with Crippen LogP contribution in [0.15, 0.2) is 48.5 Å². The van der Waals surface area contributed by atoms with Gasteiger partial charge in [-0.15, -0.1) is 0 Å². The zero-order valence-electron chi connectivity index (χ0n) is 27.1. The number of nitrogens with one attached hydrogen (secondary N) is 2. The molecule has 5 atom stereocenters. The molecule has 2 amide bonds. The van der Waals surface area contributed by atoms with E-state index in [0.717, 1.165) is 55.5 Å². The Morgan fingerprint density at radius 2 is 1.67 bits per heavy atom. The maximum Gasteiger partial charge on any atom is 0.243 e. The monoisotopic (exact) mass is 621 g/mol. The molecule has 0 aromatic heterocycles. The Morgan fingerprint density at radius 1 is 0.933 bits per heavy atom. The molecule has 2 aromatic carbocycles. The fourth-order valence-corrected chi connectivity index (χ4v) is 8.05. The van der Waals surface area contributed by atoms with Crippen LogP contribution in [0, 0.1) is 10.8 Å². The van der Waals surface area contributed by atoms with Gasteiger partial charge in [0.1, 0.15) is 0 Å². The summed E-state index contributed by atoms with van der Waals surface area (Å²) in [5.41, 5.74) is 5.86. The smallest absolute Gasteiger partial charge is 0.243 e. The summed E-state index contributed by atoms with van der Waals surface area (Å²) in [4.78, 5) is 26.5. The Hall–Kier alpha value is -2.82. The van der Waals surface area contributed by atoms with Crippen molar-refractivity contribution in [2.75, 3.05) is 18.4 Å². The van der Waals surface area contributed by atoms with Gasteiger partial charge in [0.2, 0.25) is 11.8 Å². The Labute approximate surface area is 267 Å². The summed E-state index contributed by atoms with van der Waals surface area (Å²) < 4.78 is 13.3. The summed E-state index contributed by atoms with van der Waals surface area (Å²) in [5, 5.41) is 21.2. The number of ether oxygens (including phenoxy) is 2. The van der Waals surface area contributed by atoms with Crippen molar-refractivity contribution < 1.29 is 29.4 Å². The van der Waals surface area contributed by atoms with Gasteiger partial charge in [-0.3, -0.25) is 19.7 Å². The van der Waals surface area contributed by atoms with Crippen LogP contribution < -0.4 is 10.8 Å². The summed E-state index contributed by atoms with van der Waals surface area (Å²) in [7, 11) is 0. The molecule has 3 fully saturated rings. The highest BCUT2D eigenvalue weighted by atomic mass is 16.7. The molecule has 5 rings (SSSR count). The first-order valence-corrected chi connectivity index (χ1v) is 16.6. The summed E-state index contributed by atoms with van der Waals surface area (Å²) in [6.07, 6.45) is 7.48. The lowest BCUT2D eigenvalue weighted by molar-refractivity contribution is -0.253. The van der Waals surface area contributed by atoms with Gasteiger partial charge in [0, 0.05) is 49.6 Å². The van der Waals surface area contributed by atoms with Crippen molar-refractivity contribution in [3.63, 3.8) is 0 Å². The molecule has 1 aliphatic carbocycles. The van der Waals surface area contributed by atoms with Crippen molar-refractivity contribution in [3.8, 4) is 0 Å². The lowest BCUT2D eigenvalue weighted by Crippen LogP contribution is -2.42. The van der Waals surface area contributed by atoms with Crippen LogP contribution in [-0.4, -0.2) is 52.3 Å². The average molecular weight is 622 g/mol. The predicted molar refractivity (Wildman–Crippen MR) is 172 cm³/mol. The Kier molecular flexibility index (Phi) is 11.0. The second-order valence-electron chi connectivity index (χ2n) is 14.6. The van der Waals surface area contributed by atoms with E-state index in [2.05, 4.69) is 31.0 Å². The van der Waals surface area contributed by atoms with E-state index in [1.54, 1.807) is 5.48 Å². The number of anilines is 1. The molecule has 9 heteroatoms. The first-order valence-electron chi connectivity index (χ1n) is 16.6. The molecule has 0 spiro atoms. The van der Waals surface area contributed by atoms with Crippen LogP contribution in [0.3, 0.4) is 0 Å². The second kappa shape index (κ2) is 14.7. The maximum atomic E-state index is 12.7. The average Bonchev–Trinajstić information content (AvgIpc) is 3.25. The van der Waals surface area contributed by atoms with Gasteiger partial charge in [-0.05, 0) is 66.2 Å². The molecule has 2 bridgehead atoms. The van der Waals surface area contributed by atoms with Gasteiger partial charge in [0.15, 0.2) is 6.29 Å². The fourth-order valence-electron chi connectivity index (χ4n) is 8.05. The van der Waals surface area contributed by atoms with Crippen molar-refractivity contribution in [1.82, 2.24) is 10.4 Å². The highest BCUT2D eigenvalue weighted by Gasteiger charge is 2.50. The number of hydroxylamine groups is 1. The lowest BCUT2D eigenvalue weighted by atomic mass is 9.65. The molecule has 4 N–H and O–H groups in total. The number of hydrogen-bond acceptors (Lipinski definition) is 7. The quantitative estimate of drug-likeness (QED) is 0.116. The number of carbonyl (C=O) groups excluding carboxylic acids is 2. The Balaban J connectivity index is 1.24. The minimum atomic E-state index is -0.576. The van der Waals surface area contributed by atoms with Crippen molar-refractivity contribution in [1.29, 1.82) is 0 Å². The predicted octanol–water partition coefficient (Wildman–Crippen LogP) is 6.41. The van der Waals surface area contributed by atoms with Crippen LogP contribution in [0.4, 0.5) is 5.69 Å². The van der Waals surface area contributed by atoms with E-state index in [-0.39, 0.29) is 37.0 Å². The summed E-state index contributed by atoms with van der Waals surface area (Å²) in [6, 6.07) is 16.3. The molecular weight excluding hydrogens is 570 g/mol. The molecule has 3 aliphatic rings. The number of aliphatic hydroxyl groups excluding tert-OH is 1. The highest BCUT2D eigenvalue weighted by molar-refractivity contribution is 5.90. The van der Waals surface area contributed by atoms with Gasteiger partial charge in [-0.2, -0.15) is 0 Å². The SMILES string of the molecule is CC1(C)CC2CC(C)(CN2C[C@@H]2C[C@H](c3ccc(CO)cc3)O[C@H](c3cccc(NC(=O)CCCCCCC(=O)NO)c3)O2)C1. The zero-order valence-corrected chi connectivity index (χ0v) is 27.1. The van der Waals surface area contributed by atoms with E-state index in [1.165, 1.54) is 19.3 Å².